The smallest absolute Gasteiger partial charge is 0.264 e. The Hall–Kier alpha value is -3.95. The van der Waals surface area contributed by atoms with Gasteiger partial charge in [-0.05, 0) is 12.1 Å². The van der Waals surface area contributed by atoms with Crippen molar-refractivity contribution < 1.29 is 9.53 Å². The zero-order valence-electron chi connectivity index (χ0n) is 15.2. The molecular formula is C18H17N7O3. The number of hydrogen-bond donors (Lipinski definition) is 2. The molecule has 0 saturated carbocycles. The van der Waals surface area contributed by atoms with Crippen molar-refractivity contribution >= 4 is 22.8 Å². The maximum Gasteiger partial charge on any atom is 0.264 e. The first-order valence-corrected chi connectivity index (χ1v) is 8.42. The Morgan fingerprint density at radius 2 is 2.14 bits per heavy atom. The summed E-state index contributed by atoms with van der Waals surface area (Å²) in [5.74, 6) is 0.631. The molecule has 2 N–H and O–H groups in total. The van der Waals surface area contributed by atoms with Gasteiger partial charge in [0.2, 0.25) is 5.91 Å². The first kappa shape index (κ1) is 17.5. The fraction of sp³-hybridized carbons (Fsp3) is 0.167. The number of ether oxygens (including phenoxy) is 1. The molecule has 3 heterocycles. The normalized spacial score (nSPS) is 10.9. The Kier molecular flexibility index (Phi) is 4.36. The van der Waals surface area contributed by atoms with Crippen LogP contribution in [-0.4, -0.2) is 42.5 Å². The summed E-state index contributed by atoms with van der Waals surface area (Å²) in [4.78, 5) is 29.0. The Bertz CT molecular complexity index is 1220. The van der Waals surface area contributed by atoms with Crippen LogP contribution in [-0.2, 0) is 18.4 Å². The van der Waals surface area contributed by atoms with Crippen molar-refractivity contribution in [2.24, 2.45) is 7.05 Å². The van der Waals surface area contributed by atoms with E-state index in [1.54, 1.807) is 20.2 Å². The summed E-state index contributed by atoms with van der Waals surface area (Å²) in [5, 5.41) is 14.0. The SMILES string of the molecule is COc1ccccc1-c1cc(NC(=O)Cn2cnc3c(cnn3C)c2=O)n[nH]1. The lowest BCUT2D eigenvalue weighted by molar-refractivity contribution is -0.116. The number of amides is 1. The van der Waals surface area contributed by atoms with Crippen LogP contribution in [0.15, 0.2) is 47.7 Å². The topological polar surface area (TPSA) is 120 Å². The van der Waals surface area contributed by atoms with Crippen LogP contribution in [0.2, 0.25) is 0 Å². The second-order valence-electron chi connectivity index (χ2n) is 6.10. The molecule has 0 unspecified atom stereocenters. The van der Waals surface area contributed by atoms with Gasteiger partial charge in [0.25, 0.3) is 5.56 Å². The van der Waals surface area contributed by atoms with Gasteiger partial charge < -0.3 is 10.1 Å². The van der Waals surface area contributed by atoms with Crippen LogP contribution in [0.1, 0.15) is 0 Å². The number of methoxy groups -OCH3 is 1. The highest BCUT2D eigenvalue weighted by Crippen LogP contribution is 2.29. The molecule has 3 aromatic heterocycles. The molecule has 0 aliphatic rings. The van der Waals surface area contributed by atoms with Gasteiger partial charge in [-0.2, -0.15) is 10.2 Å². The predicted octanol–water partition coefficient (Wildman–Crippen LogP) is 1.17. The van der Waals surface area contributed by atoms with Crippen LogP contribution in [0.4, 0.5) is 5.82 Å². The van der Waals surface area contributed by atoms with Gasteiger partial charge in [0, 0.05) is 18.7 Å². The summed E-state index contributed by atoms with van der Waals surface area (Å²) < 4.78 is 8.07. The van der Waals surface area contributed by atoms with E-state index in [2.05, 4.69) is 25.6 Å². The zero-order valence-corrected chi connectivity index (χ0v) is 15.2. The summed E-state index contributed by atoms with van der Waals surface area (Å²) in [7, 11) is 3.28. The number of aromatic amines is 1. The highest BCUT2D eigenvalue weighted by Gasteiger charge is 2.13. The van der Waals surface area contributed by atoms with Gasteiger partial charge in [0.05, 0.1) is 19.0 Å². The van der Waals surface area contributed by atoms with Crippen molar-refractivity contribution in [3.63, 3.8) is 0 Å². The van der Waals surface area contributed by atoms with Crippen molar-refractivity contribution in [2.45, 2.75) is 6.54 Å². The third kappa shape index (κ3) is 3.11. The van der Waals surface area contributed by atoms with Gasteiger partial charge >= 0.3 is 0 Å². The second-order valence-corrected chi connectivity index (χ2v) is 6.10. The number of nitrogens with zero attached hydrogens (tertiary/aromatic N) is 5. The molecule has 10 nitrogen and oxygen atoms in total. The fourth-order valence-corrected chi connectivity index (χ4v) is 2.91. The van der Waals surface area contributed by atoms with Gasteiger partial charge in [-0.3, -0.25) is 23.9 Å². The van der Waals surface area contributed by atoms with E-state index >= 15 is 0 Å². The molecule has 4 aromatic rings. The lowest BCUT2D eigenvalue weighted by Gasteiger charge is -2.05. The molecule has 0 spiro atoms. The predicted molar refractivity (Wildman–Crippen MR) is 102 cm³/mol. The van der Waals surface area contributed by atoms with Crippen LogP contribution in [0.3, 0.4) is 0 Å². The average Bonchev–Trinajstić information content (AvgIpc) is 3.31. The molecule has 0 saturated heterocycles. The highest BCUT2D eigenvalue weighted by molar-refractivity contribution is 5.90. The van der Waals surface area contributed by atoms with E-state index < -0.39 is 5.91 Å². The molecule has 0 radical (unpaired) electrons. The molecule has 10 heteroatoms. The number of carbonyl (C=O) groups excluding carboxylic acids is 1. The van der Waals surface area contributed by atoms with E-state index in [4.69, 9.17) is 4.74 Å². The van der Waals surface area contributed by atoms with Crippen molar-refractivity contribution in [1.29, 1.82) is 0 Å². The second kappa shape index (κ2) is 6.99. The number of para-hydroxylation sites is 1. The van der Waals surface area contributed by atoms with Gasteiger partial charge in [0.15, 0.2) is 11.5 Å². The number of aryl methyl sites for hydroxylation is 1. The van der Waals surface area contributed by atoms with Gasteiger partial charge in [-0.1, -0.05) is 12.1 Å². The van der Waals surface area contributed by atoms with Crippen molar-refractivity contribution in [3.05, 3.63) is 53.2 Å². The lowest BCUT2D eigenvalue weighted by atomic mass is 10.1. The van der Waals surface area contributed by atoms with E-state index in [-0.39, 0.29) is 12.1 Å². The monoisotopic (exact) mass is 379 g/mol. The maximum absolute atomic E-state index is 12.4. The summed E-state index contributed by atoms with van der Waals surface area (Å²) in [6, 6.07) is 9.16. The van der Waals surface area contributed by atoms with Crippen LogP contribution in [0.5, 0.6) is 5.75 Å². The Morgan fingerprint density at radius 1 is 1.32 bits per heavy atom. The summed E-state index contributed by atoms with van der Waals surface area (Å²) in [6.07, 6.45) is 2.77. The van der Waals surface area contributed by atoms with Crippen molar-refractivity contribution in [1.82, 2.24) is 29.5 Å². The molecule has 4 rings (SSSR count). The third-order valence-electron chi connectivity index (χ3n) is 4.27. The summed E-state index contributed by atoms with van der Waals surface area (Å²) in [6.45, 7) is -0.187. The number of anilines is 1. The standard InChI is InChI=1S/C18H17N7O3/c1-24-17-12(8-20-24)18(27)25(10-19-17)9-16(26)21-15-7-13(22-23-15)11-5-3-4-6-14(11)28-2/h3-8,10H,9H2,1-2H3,(H2,21,22,23,26). The maximum atomic E-state index is 12.4. The minimum atomic E-state index is -0.398. The molecule has 28 heavy (non-hydrogen) atoms. The van der Waals surface area contributed by atoms with E-state index in [0.29, 0.717) is 28.3 Å². The number of H-pyrrole nitrogens is 1. The first-order valence-electron chi connectivity index (χ1n) is 8.42. The summed E-state index contributed by atoms with van der Waals surface area (Å²) in [5.41, 5.74) is 1.66. The highest BCUT2D eigenvalue weighted by atomic mass is 16.5. The minimum Gasteiger partial charge on any atom is -0.496 e. The van der Waals surface area contributed by atoms with Crippen molar-refractivity contribution in [3.8, 4) is 17.0 Å². The molecule has 0 fully saturated rings. The average molecular weight is 379 g/mol. The van der Waals surface area contributed by atoms with E-state index in [1.807, 2.05) is 24.3 Å². The Balaban J connectivity index is 1.51. The molecule has 0 atom stereocenters. The minimum absolute atomic E-state index is 0.187. The molecule has 0 aliphatic carbocycles. The van der Waals surface area contributed by atoms with Gasteiger partial charge in [0.1, 0.15) is 24.0 Å². The first-order chi connectivity index (χ1) is 13.6. The van der Waals surface area contributed by atoms with Gasteiger partial charge in [-0.15, -0.1) is 0 Å². The van der Waals surface area contributed by atoms with Gasteiger partial charge in [-0.25, -0.2) is 4.98 Å². The van der Waals surface area contributed by atoms with Crippen molar-refractivity contribution in [2.75, 3.05) is 12.4 Å². The van der Waals surface area contributed by atoms with Crippen LogP contribution >= 0.6 is 0 Å². The molecular weight excluding hydrogens is 362 g/mol. The van der Waals surface area contributed by atoms with E-state index in [9.17, 15) is 9.59 Å². The number of benzene rings is 1. The van der Waals surface area contributed by atoms with E-state index in [1.165, 1.54) is 21.8 Å². The van der Waals surface area contributed by atoms with Crippen LogP contribution in [0.25, 0.3) is 22.3 Å². The number of carbonyl (C=O) groups is 1. The van der Waals surface area contributed by atoms with Crippen LogP contribution < -0.4 is 15.6 Å². The largest absolute Gasteiger partial charge is 0.496 e. The quantitative estimate of drug-likeness (QED) is 0.537. The molecule has 142 valence electrons. The lowest BCUT2D eigenvalue weighted by Crippen LogP contribution is -2.27. The Labute approximate surface area is 158 Å². The van der Waals surface area contributed by atoms with E-state index in [0.717, 1.165) is 5.56 Å². The Morgan fingerprint density at radius 3 is 2.96 bits per heavy atom. The fourth-order valence-electron chi connectivity index (χ4n) is 2.91. The number of nitrogens with one attached hydrogen (secondary N) is 2. The zero-order chi connectivity index (χ0) is 19.7. The third-order valence-corrected chi connectivity index (χ3v) is 4.27. The molecule has 0 aliphatic heterocycles. The number of rotatable bonds is 5. The number of aromatic nitrogens is 6. The number of hydrogen-bond acceptors (Lipinski definition) is 6. The molecule has 0 bridgehead atoms. The molecule has 1 aromatic carbocycles. The molecule has 1 amide bonds. The number of fused-ring (bicyclic) bond motifs is 1. The summed E-state index contributed by atoms with van der Waals surface area (Å²) >= 11 is 0. The van der Waals surface area contributed by atoms with Crippen LogP contribution in [0, 0.1) is 0 Å².